The zero-order chi connectivity index (χ0) is 17.8. The monoisotopic (exact) mass is 346 g/mol. The Balaban J connectivity index is 1.35. The lowest BCUT2D eigenvalue weighted by Gasteiger charge is -2.42. The number of carbonyl (C=O) groups excluding carboxylic acids is 2. The molecule has 0 bridgehead atoms. The van der Waals surface area contributed by atoms with Crippen molar-refractivity contribution in [2.75, 3.05) is 19.6 Å². The van der Waals surface area contributed by atoms with Gasteiger partial charge < -0.3 is 10.2 Å². The number of halogens is 1. The highest BCUT2D eigenvalue weighted by Gasteiger charge is 2.35. The topological polar surface area (TPSA) is 49.4 Å². The van der Waals surface area contributed by atoms with E-state index in [1.165, 1.54) is 12.1 Å². The molecule has 0 spiro atoms. The highest BCUT2D eigenvalue weighted by Crippen LogP contribution is 2.31. The predicted octanol–water partition coefficient (Wildman–Crippen LogP) is 2.77. The van der Waals surface area contributed by atoms with Gasteiger partial charge in [-0.05, 0) is 49.3 Å². The van der Waals surface area contributed by atoms with Crippen LogP contribution in [0.1, 0.15) is 38.2 Å². The molecule has 0 aromatic heterocycles. The van der Waals surface area contributed by atoms with E-state index in [4.69, 9.17) is 0 Å². The van der Waals surface area contributed by atoms with Crippen LogP contribution in [0.4, 0.5) is 4.39 Å². The maximum atomic E-state index is 13.1. The van der Waals surface area contributed by atoms with Crippen molar-refractivity contribution in [2.24, 2.45) is 17.8 Å². The van der Waals surface area contributed by atoms with Crippen LogP contribution < -0.4 is 5.32 Å². The van der Waals surface area contributed by atoms with Crippen LogP contribution >= 0.6 is 0 Å². The van der Waals surface area contributed by atoms with Crippen LogP contribution in [-0.4, -0.2) is 36.3 Å². The molecule has 0 atom stereocenters. The van der Waals surface area contributed by atoms with Crippen LogP contribution in [0.3, 0.4) is 0 Å². The van der Waals surface area contributed by atoms with Gasteiger partial charge in [-0.1, -0.05) is 19.1 Å². The fraction of sp³-hybridized carbons (Fsp3) is 0.600. The fourth-order valence-corrected chi connectivity index (χ4v) is 3.80. The van der Waals surface area contributed by atoms with Gasteiger partial charge in [0.2, 0.25) is 11.8 Å². The first-order valence-corrected chi connectivity index (χ1v) is 9.31. The van der Waals surface area contributed by atoms with E-state index in [0.29, 0.717) is 23.9 Å². The van der Waals surface area contributed by atoms with Gasteiger partial charge in [-0.25, -0.2) is 4.39 Å². The molecule has 0 unspecified atom stereocenters. The highest BCUT2D eigenvalue weighted by molar-refractivity contribution is 5.80. The number of carbonyl (C=O) groups is 2. The van der Waals surface area contributed by atoms with Crippen LogP contribution in [0.2, 0.25) is 0 Å². The Morgan fingerprint density at radius 3 is 2.60 bits per heavy atom. The number of rotatable bonds is 5. The van der Waals surface area contributed by atoms with Gasteiger partial charge in [0, 0.05) is 31.5 Å². The lowest BCUT2D eigenvalue weighted by molar-refractivity contribution is -0.143. The number of hydrogen-bond acceptors (Lipinski definition) is 2. The molecule has 4 nitrogen and oxygen atoms in total. The van der Waals surface area contributed by atoms with E-state index in [1.54, 1.807) is 12.1 Å². The molecule has 5 heteroatoms. The third kappa shape index (κ3) is 4.80. The summed E-state index contributed by atoms with van der Waals surface area (Å²) >= 11 is 0. The Bertz CT molecular complexity index is 620. The van der Waals surface area contributed by atoms with Crippen molar-refractivity contribution < 1.29 is 14.0 Å². The quantitative estimate of drug-likeness (QED) is 0.891. The molecule has 2 aliphatic rings. The fourth-order valence-electron chi connectivity index (χ4n) is 3.80. The summed E-state index contributed by atoms with van der Waals surface area (Å²) in [5, 5.41) is 2.90. The maximum Gasteiger partial charge on any atom is 0.225 e. The number of hydrogen-bond donors (Lipinski definition) is 1. The Morgan fingerprint density at radius 1 is 1.20 bits per heavy atom. The minimum atomic E-state index is -0.324. The van der Waals surface area contributed by atoms with E-state index in [0.717, 1.165) is 44.7 Å². The van der Waals surface area contributed by atoms with Gasteiger partial charge in [-0.3, -0.25) is 9.59 Å². The second-order valence-electron chi connectivity index (χ2n) is 7.68. The van der Waals surface area contributed by atoms with Gasteiger partial charge in [0.05, 0.1) is 6.42 Å². The smallest absolute Gasteiger partial charge is 0.225 e. The summed E-state index contributed by atoms with van der Waals surface area (Å²) < 4.78 is 13.1. The maximum absolute atomic E-state index is 13.1. The summed E-state index contributed by atoms with van der Waals surface area (Å²) in [6.07, 6.45) is 4.54. The second kappa shape index (κ2) is 7.98. The number of benzene rings is 1. The average molecular weight is 346 g/mol. The summed E-state index contributed by atoms with van der Waals surface area (Å²) in [5.74, 6) is 1.17. The van der Waals surface area contributed by atoms with E-state index < -0.39 is 0 Å². The van der Waals surface area contributed by atoms with Gasteiger partial charge in [0.15, 0.2) is 0 Å². The lowest BCUT2D eigenvalue weighted by atomic mass is 9.81. The van der Waals surface area contributed by atoms with Crippen molar-refractivity contribution in [2.45, 2.75) is 39.0 Å². The van der Waals surface area contributed by atoms with Crippen LogP contribution in [0.25, 0.3) is 0 Å². The van der Waals surface area contributed by atoms with Gasteiger partial charge in [0.25, 0.3) is 0 Å². The van der Waals surface area contributed by atoms with Gasteiger partial charge >= 0.3 is 0 Å². The Kier molecular flexibility index (Phi) is 5.71. The minimum Gasteiger partial charge on any atom is -0.355 e. The molecule has 2 fully saturated rings. The summed E-state index contributed by atoms with van der Waals surface area (Å²) in [6, 6.07) is 6.11. The summed E-state index contributed by atoms with van der Waals surface area (Å²) in [7, 11) is 0. The molecule has 1 aliphatic carbocycles. The normalized spacial score (nSPS) is 23.8. The molecule has 1 heterocycles. The van der Waals surface area contributed by atoms with E-state index in [1.807, 2.05) is 4.90 Å². The first-order chi connectivity index (χ1) is 12.0. The Labute approximate surface area is 148 Å². The molecule has 1 saturated carbocycles. The number of amides is 2. The minimum absolute atomic E-state index is 0.100. The largest absolute Gasteiger partial charge is 0.355 e. The first kappa shape index (κ1) is 17.9. The molecule has 1 aliphatic heterocycles. The van der Waals surface area contributed by atoms with Gasteiger partial charge in [-0.15, -0.1) is 0 Å². The zero-order valence-corrected chi connectivity index (χ0v) is 14.8. The van der Waals surface area contributed by atoms with Crippen molar-refractivity contribution in [3.05, 3.63) is 35.6 Å². The van der Waals surface area contributed by atoms with Crippen molar-refractivity contribution >= 4 is 11.8 Å². The highest BCUT2D eigenvalue weighted by atomic mass is 19.1. The van der Waals surface area contributed by atoms with Crippen LogP contribution in [-0.2, 0) is 16.0 Å². The Morgan fingerprint density at radius 2 is 1.92 bits per heavy atom. The summed E-state index contributed by atoms with van der Waals surface area (Å²) in [6.45, 7) is 4.32. The van der Waals surface area contributed by atoms with Crippen LogP contribution in [0.5, 0.6) is 0 Å². The first-order valence-electron chi connectivity index (χ1n) is 9.31. The molecule has 0 radical (unpaired) electrons. The number of nitrogens with zero attached hydrogens (tertiary/aromatic N) is 1. The van der Waals surface area contributed by atoms with E-state index in [9.17, 15) is 14.0 Å². The van der Waals surface area contributed by atoms with Crippen LogP contribution in [0.15, 0.2) is 24.3 Å². The third-order valence-electron chi connectivity index (χ3n) is 5.48. The summed E-state index contributed by atoms with van der Waals surface area (Å²) in [4.78, 5) is 26.3. The molecule has 3 rings (SSSR count). The standard InChI is InChI=1S/C20H27FN2O2/c1-14-5-7-17(8-6-14)20(25)23-12-16(13-23)11-22-19(24)10-15-3-2-4-18(21)9-15/h2-4,9,14,16-17H,5-8,10-13H2,1H3,(H,22,24). The molecular weight excluding hydrogens is 319 g/mol. The molecule has 1 N–H and O–H groups in total. The number of likely N-dealkylation sites (tertiary alicyclic amines) is 1. The average Bonchev–Trinajstić information content (AvgIpc) is 2.53. The lowest BCUT2D eigenvalue weighted by Crippen LogP contribution is -2.55. The molecule has 1 aromatic rings. The molecule has 2 amide bonds. The molecule has 25 heavy (non-hydrogen) atoms. The summed E-state index contributed by atoms with van der Waals surface area (Å²) in [5.41, 5.74) is 0.675. The SMILES string of the molecule is CC1CCC(C(=O)N2CC(CNC(=O)Cc3cccc(F)c3)C2)CC1. The van der Waals surface area contributed by atoms with Crippen LogP contribution in [0, 0.1) is 23.6 Å². The molecule has 136 valence electrons. The molecular formula is C20H27FN2O2. The number of nitrogens with one attached hydrogen (secondary N) is 1. The third-order valence-corrected chi connectivity index (χ3v) is 5.48. The zero-order valence-electron chi connectivity index (χ0n) is 14.8. The molecule has 1 saturated heterocycles. The Hall–Kier alpha value is -1.91. The predicted molar refractivity (Wildman–Crippen MR) is 94.3 cm³/mol. The van der Waals surface area contributed by atoms with Crippen molar-refractivity contribution in [1.82, 2.24) is 10.2 Å². The van der Waals surface area contributed by atoms with E-state index in [-0.39, 0.29) is 24.1 Å². The van der Waals surface area contributed by atoms with Crippen molar-refractivity contribution in [1.29, 1.82) is 0 Å². The van der Waals surface area contributed by atoms with Crippen molar-refractivity contribution in [3.63, 3.8) is 0 Å². The van der Waals surface area contributed by atoms with Gasteiger partial charge in [-0.2, -0.15) is 0 Å². The van der Waals surface area contributed by atoms with E-state index >= 15 is 0 Å². The van der Waals surface area contributed by atoms with Gasteiger partial charge in [0.1, 0.15) is 5.82 Å². The van der Waals surface area contributed by atoms with Crippen molar-refractivity contribution in [3.8, 4) is 0 Å². The second-order valence-corrected chi connectivity index (χ2v) is 7.68. The molecule has 1 aromatic carbocycles. The van der Waals surface area contributed by atoms with E-state index in [2.05, 4.69) is 12.2 Å².